The van der Waals surface area contributed by atoms with Crippen LogP contribution in [0, 0.1) is 6.92 Å². The van der Waals surface area contributed by atoms with E-state index in [1.807, 2.05) is 37.3 Å². The normalized spacial score (nSPS) is 15.0. The molecule has 2 aromatic heterocycles. The lowest BCUT2D eigenvalue weighted by molar-refractivity contribution is 0.200. The number of pyridine rings is 1. The van der Waals surface area contributed by atoms with Crippen LogP contribution in [0.15, 0.2) is 36.5 Å². The molecular formula is C20H22N2O3. The minimum Gasteiger partial charge on any atom is -0.494 e. The van der Waals surface area contributed by atoms with Gasteiger partial charge in [-0.05, 0) is 56.9 Å². The van der Waals surface area contributed by atoms with Crippen molar-refractivity contribution in [3.63, 3.8) is 0 Å². The zero-order valence-corrected chi connectivity index (χ0v) is 14.5. The number of aromatic nitrogens is 2. The zero-order valence-electron chi connectivity index (χ0n) is 14.5. The van der Waals surface area contributed by atoms with Crippen molar-refractivity contribution in [1.82, 2.24) is 9.55 Å². The Balaban J connectivity index is 1.80. The van der Waals surface area contributed by atoms with Crippen molar-refractivity contribution in [2.45, 2.75) is 38.7 Å². The van der Waals surface area contributed by atoms with Crippen LogP contribution >= 0.6 is 0 Å². The fraction of sp³-hybridized carbons (Fsp3) is 0.350. The third-order valence-electron chi connectivity index (χ3n) is 4.94. The molecule has 0 unspecified atom stereocenters. The number of ether oxygens (including phenoxy) is 2. The average Bonchev–Trinajstić information content (AvgIpc) is 3.23. The molecule has 0 saturated heterocycles. The maximum atomic E-state index is 10.7. The van der Waals surface area contributed by atoms with Gasteiger partial charge in [0.1, 0.15) is 0 Å². The molecule has 0 amide bonds. The molecule has 5 heteroatoms. The van der Waals surface area contributed by atoms with Crippen molar-refractivity contribution in [2.24, 2.45) is 0 Å². The molecule has 25 heavy (non-hydrogen) atoms. The largest absolute Gasteiger partial charge is 0.494 e. The van der Waals surface area contributed by atoms with Gasteiger partial charge in [-0.25, -0.2) is 0 Å². The Labute approximate surface area is 146 Å². The Morgan fingerprint density at radius 3 is 2.68 bits per heavy atom. The molecule has 1 aliphatic rings. The zero-order chi connectivity index (χ0) is 17.4. The second-order valence-corrected chi connectivity index (χ2v) is 6.50. The Kier molecular flexibility index (Phi) is 3.99. The molecule has 1 saturated carbocycles. The van der Waals surface area contributed by atoms with Gasteiger partial charge in [0.2, 0.25) is 5.88 Å². The van der Waals surface area contributed by atoms with Crippen LogP contribution in [0.2, 0.25) is 0 Å². The molecule has 0 aliphatic heterocycles. The average molecular weight is 338 g/mol. The summed E-state index contributed by atoms with van der Waals surface area (Å²) in [4.78, 5) is 4.39. The summed E-state index contributed by atoms with van der Waals surface area (Å²) in [6.07, 6.45) is 6.55. The van der Waals surface area contributed by atoms with Crippen molar-refractivity contribution in [3.05, 3.63) is 42.2 Å². The van der Waals surface area contributed by atoms with Gasteiger partial charge in [0.05, 0.1) is 29.8 Å². The summed E-state index contributed by atoms with van der Waals surface area (Å²) >= 11 is 0. The highest BCUT2D eigenvalue weighted by Gasteiger charge is 2.20. The second kappa shape index (κ2) is 6.31. The van der Waals surface area contributed by atoms with E-state index in [1.54, 1.807) is 17.9 Å². The Hall–Kier alpha value is -2.69. The molecule has 0 radical (unpaired) electrons. The van der Waals surface area contributed by atoms with Crippen LogP contribution in [0.5, 0.6) is 17.4 Å². The van der Waals surface area contributed by atoms with Gasteiger partial charge >= 0.3 is 0 Å². The van der Waals surface area contributed by atoms with Crippen LogP contribution in [0.4, 0.5) is 0 Å². The van der Waals surface area contributed by atoms with E-state index in [0.29, 0.717) is 5.75 Å². The predicted molar refractivity (Wildman–Crippen MR) is 96.9 cm³/mol. The van der Waals surface area contributed by atoms with Crippen LogP contribution in [0.1, 0.15) is 31.4 Å². The summed E-state index contributed by atoms with van der Waals surface area (Å²) < 4.78 is 13.4. The fourth-order valence-electron chi connectivity index (χ4n) is 3.66. The molecular weight excluding hydrogens is 316 g/mol. The molecule has 0 atom stereocenters. The molecule has 0 spiro atoms. The van der Waals surface area contributed by atoms with Gasteiger partial charge in [-0.2, -0.15) is 0 Å². The summed E-state index contributed by atoms with van der Waals surface area (Å²) in [5.74, 6) is 1.62. The third kappa shape index (κ3) is 2.69. The topological polar surface area (TPSA) is 56.5 Å². The van der Waals surface area contributed by atoms with E-state index in [0.717, 1.165) is 40.9 Å². The molecule has 0 bridgehead atoms. The van der Waals surface area contributed by atoms with E-state index in [1.165, 1.54) is 12.8 Å². The molecule has 2 heterocycles. The Morgan fingerprint density at radius 1 is 1.16 bits per heavy atom. The van der Waals surface area contributed by atoms with E-state index in [9.17, 15) is 5.11 Å². The Morgan fingerprint density at radius 2 is 1.96 bits per heavy atom. The van der Waals surface area contributed by atoms with Gasteiger partial charge < -0.3 is 14.6 Å². The van der Waals surface area contributed by atoms with Crippen molar-refractivity contribution in [3.8, 4) is 23.1 Å². The number of aromatic hydroxyl groups is 1. The van der Waals surface area contributed by atoms with Crippen LogP contribution in [-0.2, 0) is 0 Å². The fourth-order valence-corrected chi connectivity index (χ4v) is 3.66. The molecule has 1 aliphatic carbocycles. The minimum absolute atomic E-state index is 0.192. The SMILES string of the molecule is COc1ccc(-n2c(O)c3cccnc3c2C)cc1OC1CCCC1. The molecule has 1 N–H and O–H groups in total. The standard InChI is InChI=1S/C20H22N2O3/c1-13-19-16(8-5-11-21-19)20(23)22(13)14-9-10-17(24-2)18(12-14)25-15-6-3-4-7-15/h5,8-12,15,23H,3-4,6-7H2,1-2H3. The molecule has 1 aromatic carbocycles. The van der Waals surface area contributed by atoms with Gasteiger partial charge in [-0.15, -0.1) is 0 Å². The maximum absolute atomic E-state index is 10.7. The lowest BCUT2D eigenvalue weighted by Gasteiger charge is -2.17. The highest BCUT2D eigenvalue weighted by Crippen LogP contribution is 2.37. The number of methoxy groups -OCH3 is 1. The first-order valence-electron chi connectivity index (χ1n) is 8.69. The number of rotatable bonds is 4. The van der Waals surface area contributed by atoms with Crippen LogP contribution in [0.25, 0.3) is 16.6 Å². The summed E-state index contributed by atoms with van der Waals surface area (Å²) in [5.41, 5.74) is 2.53. The van der Waals surface area contributed by atoms with E-state index in [2.05, 4.69) is 4.98 Å². The highest BCUT2D eigenvalue weighted by molar-refractivity contribution is 5.88. The number of benzene rings is 1. The second-order valence-electron chi connectivity index (χ2n) is 6.50. The van der Waals surface area contributed by atoms with Crippen molar-refractivity contribution >= 4 is 10.9 Å². The van der Waals surface area contributed by atoms with E-state index in [-0.39, 0.29) is 12.0 Å². The first-order chi connectivity index (χ1) is 12.2. The van der Waals surface area contributed by atoms with Gasteiger partial charge in [0.15, 0.2) is 11.5 Å². The van der Waals surface area contributed by atoms with Crippen molar-refractivity contribution < 1.29 is 14.6 Å². The quantitative estimate of drug-likeness (QED) is 0.767. The monoisotopic (exact) mass is 338 g/mol. The maximum Gasteiger partial charge on any atom is 0.205 e. The number of fused-ring (bicyclic) bond motifs is 1. The van der Waals surface area contributed by atoms with Crippen LogP contribution in [-0.4, -0.2) is 27.9 Å². The first kappa shape index (κ1) is 15.8. The number of hydrogen-bond donors (Lipinski definition) is 1. The molecule has 4 rings (SSSR count). The molecule has 1 fully saturated rings. The van der Waals surface area contributed by atoms with Gasteiger partial charge in [-0.1, -0.05) is 0 Å². The van der Waals surface area contributed by atoms with Gasteiger partial charge in [-0.3, -0.25) is 9.55 Å². The number of nitrogens with zero attached hydrogens (tertiary/aromatic N) is 2. The minimum atomic E-state index is 0.192. The summed E-state index contributed by atoms with van der Waals surface area (Å²) in [6, 6.07) is 9.44. The van der Waals surface area contributed by atoms with Crippen LogP contribution < -0.4 is 9.47 Å². The lowest BCUT2D eigenvalue weighted by atomic mass is 10.2. The van der Waals surface area contributed by atoms with Gasteiger partial charge in [0.25, 0.3) is 0 Å². The molecule has 5 nitrogen and oxygen atoms in total. The van der Waals surface area contributed by atoms with E-state index >= 15 is 0 Å². The number of hydrogen-bond acceptors (Lipinski definition) is 4. The first-order valence-corrected chi connectivity index (χ1v) is 8.69. The smallest absolute Gasteiger partial charge is 0.205 e. The molecule has 3 aromatic rings. The van der Waals surface area contributed by atoms with E-state index in [4.69, 9.17) is 9.47 Å². The van der Waals surface area contributed by atoms with Crippen LogP contribution in [0.3, 0.4) is 0 Å². The summed E-state index contributed by atoms with van der Waals surface area (Å²) in [6.45, 7) is 1.96. The predicted octanol–water partition coefficient (Wildman–Crippen LogP) is 4.37. The summed E-state index contributed by atoms with van der Waals surface area (Å²) in [7, 11) is 1.65. The van der Waals surface area contributed by atoms with E-state index < -0.39 is 0 Å². The lowest BCUT2D eigenvalue weighted by Crippen LogP contribution is -2.12. The third-order valence-corrected chi connectivity index (χ3v) is 4.94. The van der Waals surface area contributed by atoms with Gasteiger partial charge in [0, 0.05) is 18.0 Å². The number of aryl methyl sites for hydroxylation is 1. The van der Waals surface area contributed by atoms with Crippen molar-refractivity contribution in [2.75, 3.05) is 7.11 Å². The highest BCUT2D eigenvalue weighted by atomic mass is 16.5. The molecule has 130 valence electrons. The Bertz CT molecular complexity index is 872. The van der Waals surface area contributed by atoms with Crippen molar-refractivity contribution in [1.29, 1.82) is 0 Å². The summed E-state index contributed by atoms with van der Waals surface area (Å²) in [5, 5.41) is 11.4.